The van der Waals surface area contributed by atoms with Crippen molar-refractivity contribution in [3.05, 3.63) is 23.8 Å². The summed E-state index contributed by atoms with van der Waals surface area (Å²) >= 11 is 0. The number of carbonyl (C=O) groups excluding carboxylic acids is 1. The quantitative estimate of drug-likeness (QED) is 0.724. The fourth-order valence-corrected chi connectivity index (χ4v) is 3.63. The first-order valence-electron chi connectivity index (χ1n) is 7.79. The maximum Gasteiger partial charge on any atom is 0.172 e. The normalized spacial score (nSPS) is 17.0. The zero-order chi connectivity index (χ0) is 15.5. The van der Waals surface area contributed by atoms with E-state index in [2.05, 4.69) is 13.8 Å². The number of hydrogen-bond donors (Lipinski definition) is 0. The number of methoxy groups -OCH3 is 2. The fraction of sp³-hybridized carbons (Fsp3) is 0.611. The minimum Gasteiger partial charge on any atom is -0.497 e. The molecule has 3 heteroatoms. The summed E-state index contributed by atoms with van der Waals surface area (Å²) in [4.78, 5) is 13.2. The number of Topliss-reactive ketones (excluding diaryl/α,β-unsaturated/α-hetero) is 1. The number of rotatable bonds is 6. The predicted octanol–water partition coefficient (Wildman–Crippen LogP) is 4.49. The van der Waals surface area contributed by atoms with E-state index in [4.69, 9.17) is 9.47 Å². The van der Waals surface area contributed by atoms with Gasteiger partial charge in [0.2, 0.25) is 0 Å². The third-order valence-corrected chi connectivity index (χ3v) is 4.49. The van der Waals surface area contributed by atoms with Crippen LogP contribution in [0.25, 0.3) is 0 Å². The molecule has 1 saturated carbocycles. The Morgan fingerprint density at radius 2 is 1.86 bits per heavy atom. The molecule has 0 atom stereocenters. The number of benzene rings is 1. The summed E-state index contributed by atoms with van der Waals surface area (Å²) in [6.07, 6.45) is 5.26. The highest BCUT2D eigenvalue weighted by Crippen LogP contribution is 2.46. The van der Waals surface area contributed by atoms with Gasteiger partial charge in [-0.05, 0) is 37.3 Å². The SMILES string of the molecule is COc1ccc(C(=O)C2(CC(C)C)CCCC2)c(OC)c1. The van der Waals surface area contributed by atoms with Crippen LogP contribution < -0.4 is 9.47 Å². The molecule has 3 nitrogen and oxygen atoms in total. The lowest BCUT2D eigenvalue weighted by atomic mass is 9.73. The monoisotopic (exact) mass is 290 g/mol. The molecule has 0 saturated heterocycles. The molecular weight excluding hydrogens is 264 g/mol. The summed E-state index contributed by atoms with van der Waals surface area (Å²) < 4.78 is 10.6. The molecule has 1 aromatic carbocycles. The molecule has 0 unspecified atom stereocenters. The summed E-state index contributed by atoms with van der Waals surface area (Å²) in [5.41, 5.74) is 0.497. The average Bonchev–Trinajstić information content (AvgIpc) is 2.94. The lowest BCUT2D eigenvalue weighted by Crippen LogP contribution is -2.30. The van der Waals surface area contributed by atoms with Gasteiger partial charge < -0.3 is 9.47 Å². The van der Waals surface area contributed by atoms with E-state index in [1.807, 2.05) is 12.1 Å². The lowest BCUT2D eigenvalue weighted by molar-refractivity contribution is 0.0756. The van der Waals surface area contributed by atoms with Crippen LogP contribution in [0.2, 0.25) is 0 Å². The minimum absolute atomic E-state index is 0.198. The molecule has 1 aliphatic rings. The highest BCUT2D eigenvalue weighted by molar-refractivity contribution is 6.03. The van der Waals surface area contributed by atoms with E-state index < -0.39 is 0 Å². The number of ketones is 1. The van der Waals surface area contributed by atoms with Crippen molar-refractivity contribution in [1.29, 1.82) is 0 Å². The van der Waals surface area contributed by atoms with E-state index in [0.717, 1.165) is 32.1 Å². The van der Waals surface area contributed by atoms with Crippen LogP contribution in [0.5, 0.6) is 11.5 Å². The Labute approximate surface area is 127 Å². The Hall–Kier alpha value is -1.51. The molecule has 1 fully saturated rings. The Morgan fingerprint density at radius 1 is 1.19 bits per heavy atom. The summed E-state index contributed by atoms with van der Waals surface area (Å²) in [7, 11) is 3.23. The molecule has 0 spiro atoms. The van der Waals surface area contributed by atoms with Crippen molar-refractivity contribution >= 4 is 5.78 Å². The number of hydrogen-bond acceptors (Lipinski definition) is 3. The van der Waals surface area contributed by atoms with Crippen LogP contribution in [-0.4, -0.2) is 20.0 Å². The zero-order valence-corrected chi connectivity index (χ0v) is 13.6. The molecule has 2 rings (SSSR count). The first-order chi connectivity index (χ1) is 10.0. The van der Waals surface area contributed by atoms with Crippen LogP contribution in [0, 0.1) is 11.3 Å². The van der Waals surface area contributed by atoms with E-state index in [1.165, 1.54) is 0 Å². The van der Waals surface area contributed by atoms with Crippen molar-refractivity contribution in [2.75, 3.05) is 14.2 Å². The van der Waals surface area contributed by atoms with Gasteiger partial charge in [0.05, 0.1) is 19.8 Å². The molecular formula is C18H26O3. The molecule has 0 aliphatic heterocycles. The van der Waals surface area contributed by atoms with Crippen molar-refractivity contribution in [3.8, 4) is 11.5 Å². The van der Waals surface area contributed by atoms with Gasteiger partial charge in [-0.3, -0.25) is 4.79 Å². The molecule has 0 heterocycles. The maximum absolute atomic E-state index is 13.2. The summed E-state index contributed by atoms with van der Waals surface area (Å²) in [6.45, 7) is 4.39. The van der Waals surface area contributed by atoms with Crippen LogP contribution >= 0.6 is 0 Å². The van der Waals surface area contributed by atoms with Crippen LogP contribution in [0.3, 0.4) is 0 Å². The molecule has 21 heavy (non-hydrogen) atoms. The summed E-state index contributed by atoms with van der Waals surface area (Å²) in [6, 6.07) is 5.49. The number of carbonyl (C=O) groups is 1. The zero-order valence-electron chi connectivity index (χ0n) is 13.6. The van der Waals surface area contributed by atoms with E-state index >= 15 is 0 Å². The van der Waals surface area contributed by atoms with Crippen LogP contribution in [0.1, 0.15) is 56.3 Å². The highest BCUT2D eigenvalue weighted by atomic mass is 16.5. The van der Waals surface area contributed by atoms with Gasteiger partial charge in [-0.1, -0.05) is 26.7 Å². The van der Waals surface area contributed by atoms with Gasteiger partial charge in [0, 0.05) is 11.5 Å². The first kappa shape index (κ1) is 15.9. The smallest absolute Gasteiger partial charge is 0.172 e. The van der Waals surface area contributed by atoms with Gasteiger partial charge in [0.1, 0.15) is 11.5 Å². The van der Waals surface area contributed by atoms with Crippen LogP contribution in [-0.2, 0) is 0 Å². The largest absolute Gasteiger partial charge is 0.497 e. The molecule has 0 bridgehead atoms. The second-order valence-electron chi connectivity index (χ2n) is 6.48. The Kier molecular flexibility index (Phi) is 4.92. The van der Waals surface area contributed by atoms with Crippen molar-refractivity contribution in [2.24, 2.45) is 11.3 Å². The van der Waals surface area contributed by atoms with Gasteiger partial charge in [-0.25, -0.2) is 0 Å². The predicted molar refractivity (Wildman–Crippen MR) is 84.2 cm³/mol. The van der Waals surface area contributed by atoms with Crippen molar-refractivity contribution in [3.63, 3.8) is 0 Å². The average molecular weight is 290 g/mol. The van der Waals surface area contributed by atoms with Crippen molar-refractivity contribution < 1.29 is 14.3 Å². The first-order valence-corrected chi connectivity index (χ1v) is 7.79. The molecule has 0 aromatic heterocycles. The van der Waals surface area contributed by atoms with Crippen molar-refractivity contribution in [2.45, 2.75) is 46.0 Å². The Balaban J connectivity index is 2.37. The number of ether oxygens (including phenoxy) is 2. The van der Waals surface area contributed by atoms with Crippen LogP contribution in [0.4, 0.5) is 0 Å². The third kappa shape index (κ3) is 3.22. The third-order valence-electron chi connectivity index (χ3n) is 4.49. The Bertz CT molecular complexity index is 499. The summed E-state index contributed by atoms with van der Waals surface area (Å²) in [5, 5.41) is 0. The van der Waals surface area contributed by atoms with Gasteiger partial charge in [-0.15, -0.1) is 0 Å². The highest BCUT2D eigenvalue weighted by Gasteiger charge is 2.42. The topological polar surface area (TPSA) is 35.5 Å². The second-order valence-corrected chi connectivity index (χ2v) is 6.48. The van der Waals surface area contributed by atoms with E-state index in [1.54, 1.807) is 20.3 Å². The molecule has 1 aromatic rings. The van der Waals surface area contributed by atoms with Crippen molar-refractivity contribution in [1.82, 2.24) is 0 Å². The van der Waals surface area contributed by atoms with Gasteiger partial charge >= 0.3 is 0 Å². The molecule has 116 valence electrons. The standard InChI is InChI=1S/C18H26O3/c1-13(2)12-18(9-5-6-10-18)17(19)15-8-7-14(20-3)11-16(15)21-4/h7-8,11,13H,5-6,9-10,12H2,1-4H3. The molecule has 0 amide bonds. The van der Waals surface area contributed by atoms with Gasteiger partial charge in [0.25, 0.3) is 0 Å². The fourth-order valence-electron chi connectivity index (χ4n) is 3.63. The Morgan fingerprint density at radius 3 is 2.38 bits per heavy atom. The van der Waals surface area contributed by atoms with Gasteiger partial charge in [-0.2, -0.15) is 0 Å². The molecule has 0 N–H and O–H groups in total. The molecule has 1 aliphatic carbocycles. The lowest BCUT2D eigenvalue weighted by Gasteiger charge is -2.30. The molecule has 0 radical (unpaired) electrons. The van der Waals surface area contributed by atoms with Crippen LogP contribution in [0.15, 0.2) is 18.2 Å². The second kappa shape index (κ2) is 6.50. The van der Waals surface area contributed by atoms with Gasteiger partial charge in [0.15, 0.2) is 5.78 Å². The van der Waals surface area contributed by atoms with E-state index in [9.17, 15) is 4.79 Å². The van der Waals surface area contributed by atoms with E-state index in [-0.39, 0.29) is 11.2 Å². The van der Waals surface area contributed by atoms with E-state index in [0.29, 0.717) is 23.0 Å². The maximum atomic E-state index is 13.2. The minimum atomic E-state index is -0.198. The summed E-state index contributed by atoms with van der Waals surface area (Å²) in [5.74, 6) is 2.10.